The fourth-order valence-corrected chi connectivity index (χ4v) is 2.96. The Labute approximate surface area is 161 Å². The molecule has 2 rings (SSSR count). The van der Waals surface area contributed by atoms with Gasteiger partial charge in [0.25, 0.3) is 5.91 Å². The third-order valence-corrected chi connectivity index (χ3v) is 4.55. The molecule has 154 valence electrons. The zero-order valence-electron chi connectivity index (χ0n) is 15.8. The second kappa shape index (κ2) is 9.07. The molecular formula is C19H24F3N3O3. The third kappa shape index (κ3) is 5.97. The highest BCUT2D eigenvalue weighted by molar-refractivity contribution is 5.96. The summed E-state index contributed by atoms with van der Waals surface area (Å²) in [6.45, 7) is 4.55. The number of alkyl halides is 3. The number of amides is 3. The summed E-state index contributed by atoms with van der Waals surface area (Å²) in [5, 5.41) is 5.19. The summed E-state index contributed by atoms with van der Waals surface area (Å²) < 4.78 is 37.6. The Balaban J connectivity index is 1.75. The van der Waals surface area contributed by atoms with Gasteiger partial charge in [-0.3, -0.25) is 14.4 Å². The van der Waals surface area contributed by atoms with Crippen molar-refractivity contribution < 1.29 is 27.6 Å². The summed E-state index contributed by atoms with van der Waals surface area (Å²) in [6.07, 6.45) is -3.20. The van der Waals surface area contributed by atoms with Gasteiger partial charge in [-0.15, -0.1) is 0 Å². The third-order valence-electron chi connectivity index (χ3n) is 4.55. The molecule has 1 aliphatic rings. The molecule has 0 spiro atoms. The maximum Gasteiger partial charge on any atom is 0.416 e. The quantitative estimate of drug-likeness (QED) is 0.797. The number of halogens is 3. The Kier molecular flexibility index (Phi) is 7.04. The Bertz CT molecular complexity index is 709. The maximum absolute atomic E-state index is 12.5. The van der Waals surface area contributed by atoms with Gasteiger partial charge in [-0.1, -0.05) is 13.8 Å². The molecule has 1 heterocycles. The lowest BCUT2D eigenvalue weighted by Gasteiger charge is -2.33. The second-order valence-corrected chi connectivity index (χ2v) is 7.08. The average Bonchev–Trinajstić information content (AvgIpc) is 2.65. The molecule has 0 aliphatic carbocycles. The van der Waals surface area contributed by atoms with E-state index in [0.29, 0.717) is 25.9 Å². The molecule has 28 heavy (non-hydrogen) atoms. The van der Waals surface area contributed by atoms with Gasteiger partial charge in [-0.05, 0) is 37.1 Å². The van der Waals surface area contributed by atoms with E-state index in [0.717, 1.165) is 24.3 Å². The predicted octanol–water partition coefficient (Wildman–Crippen LogP) is 2.20. The molecule has 1 aromatic carbocycles. The van der Waals surface area contributed by atoms with Crippen molar-refractivity contribution in [3.05, 3.63) is 35.4 Å². The van der Waals surface area contributed by atoms with E-state index in [9.17, 15) is 27.6 Å². The first kappa shape index (κ1) is 21.7. The number of benzene rings is 1. The van der Waals surface area contributed by atoms with Gasteiger partial charge in [-0.2, -0.15) is 13.2 Å². The predicted molar refractivity (Wildman–Crippen MR) is 96.4 cm³/mol. The van der Waals surface area contributed by atoms with Crippen LogP contribution in [-0.2, 0) is 15.8 Å². The normalized spacial score (nSPS) is 15.4. The fourth-order valence-electron chi connectivity index (χ4n) is 2.96. The Morgan fingerprint density at radius 1 is 1.11 bits per heavy atom. The van der Waals surface area contributed by atoms with Gasteiger partial charge < -0.3 is 15.5 Å². The molecule has 1 saturated heterocycles. The number of carbonyl (C=O) groups excluding carboxylic acids is 3. The van der Waals surface area contributed by atoms with Crippen LogP contribution in [-0.4, -0.2) is 48.3 Å². The molecule has 2 N–H and O–H groups in total. The number of carbonyl (C=O) groups is 3. The summed E-state index contributed by atoms with van der Waals surface area (Å²) >= 11 is 0. The molecule has 0 aromatic heterocycles. The number of piperidine rings is 1. The van der Waals surface area contributed by atoms with Crippen molar-refractivity contribution in [2.45, 2.75) is 38.9 Å². The van der Waals surface area contributed by atoms with Gasteiger partial charge >= 0.3 is 6.18 Å². The van der Waals surface area contributed by atoms with E-state index in [4.69, 9.17) is 0 Å². The van der Waals surface area contributed by atoms with Gasteiger partial charge in [-0.25, -0.2) is 0 Å². The van der Waals surface area contributed by atoms with Crippen molar-refractivity contribution >= 4 is 17.7 Å². The lowest BCUT2D eigenvalue weighted by molar-refractivity contribution is -0.137. The zero-order chi connectivity index (χ0) is 20.9. The smallest absolute Gasteiger partial charge is 0.352 e. The minimum atomic E-state index is -4.47. The molecule has 9 heteroatoms. The van der Waals surface area contributed by atoms with E-state index >= 15 is 0 Å². The van der Waals surface area contributed by atoms with E-state index in [-0.39, 0.29) is 35.9 Å². The SMILES string of the molecule is CC(C)C(=O)N1CCC(NC(=O)CNC(=O)c2ccc(C(F)(F)F)cc2)CC1. The van der Waals surface area contributed by atoms with Crippen LogP contribution in [0.5, 0.6) is 0 Å². The van der Waals surface area contributed by atoms with Gasteiger partial charge in [0, 0.05) is 30.6 Å². The van der Waals surface area contributed by atoms with Crippen LogP contribution < -0.4 is 10.6 Å². The van der Waals surface area contributed by atoms with E-state index in [1.807, 2.05) is 13.8 Å². The lowest BCUT2D eigenvalue weighted by atomic mass is 10.0. The minimum Gasteiger partial charge on any atom is -0.352 e. The number of nitrogens with one attached hydrogen (secondary N) is 2. The van der Waals surface area contributed by atoms with Crippen molar-refractivity contribution in [1.82, 2.24) is 15.5 Å². The van der Waals surface area contributed by atoms with Crippen LogP contribution in [0.1, 0.15) is 42.6 Å². The van der Waals surface area contributed by atoms with E-state index < -0.39 is 17.6 Å². The Hall–Kier alpha value is -2.58. The van der Waals surface area contributed by atoms with Crippen LogP contribution in [0.15, 0.2) is 24.3 Å². The van der Waals surface area contributed by atoms with Crippen molar-refractivity contribution in [3.63, 3.8) is 0 Å². The summed E-state index contributed by atoms with van der Waals surface area (Å²) in [5.41, 5.74) is -0.801. The van der Waals surface area contributed by atoms with Gasteiger partial charge in [0.2, 0.25) is 11.8 Å². The first-order chi connectivity index (χ1) is 13.1. The summed E-state index contributed by atoms with van der Waals surface area (Å²) in [4.78, 5) is 37.7. The summed E-state index contributed by atoms with van der Waals surface area (Å²) in [6, 6.07) is 3.70. The van der Waals surface area contributed by atoms with E-state index in [2.05, 4.69) is 10.6 Å². The number of hydrogen-bond donors (Lipinski definition) is 2. The number of likely N-dealkylation sites (tertiary alicyclic amines) is 1. The Morgan fingerprint density at radius 3 is 2.18 bits per heavy atom. The molecule has 6 nitrogen and oxygen atoms in total. The number of hydrogen-bond acceptors (Lipinski definition) is 3. The molecule has 0 radical (unpaired) electrons. The van der Waals surface area contributed by atoms with E-state index in [1.54, 1.807) is 4.90 Å². The molecule has 3 amide bonds. The van der Waals surface area contributed by atoms with Crippen LogP contribution in [0.25, 0.3) is 0 Å². The monoisotopic (exact) mass is 399 g/mol. The maximum atomic E-state index is 12.5. The lowest BCUT2D eigenvalue weighted by Crippen LogP contribution is -2.49. The highest BCUT2D eigenvalue weighted by Crippen LogP contribution is 2.29. The molecule has 1 aliphatic heterocycles. The topological polar surface area (TPSA) is 78.5 Å². The first-order valence-electron chi connectivity index (χ1n) is 9.11. The number of rotatable bonds is 5. The molecular weight excluding hydrogens is 375 g/mol. The second-order valence-electron chi connectivity index (χ2n) is 7.08. The molecule has 0 saturated carbocycles. The van der Waals surface area contributed by atoms with Crippen LogP contribution in [0.2, 0.25) is 0 Å². The molecule has 1 aromatic rings. The van der Waals surface area contributed by atoms with Crippen LogP contribution in [0.4, 0.5) is 13.2 Å². The average molecular weight is 399 g/mol. The Morgan fingerprint density at radius 2 is 1.68 bits per heavy atom. The van der Waals surface area contributed by atoms with E-state index in [1.165, 1.54) is 0 Å². The van der Waals surface area contributed by atoms with Gasteiger partial charge in [0.1, 0.15) is 0 Å². The molecule has 0 atom stereocenters. The van der Waals surface area contributed by atoms with Crippen LogP contribution >= 0.6 is 0 Å². The first-order valence-corrected chi connectivity index (χ1v) is 9.11. The minimum absolute atomic E-state index is 0.0429. The van der Waals surface area contributed by atoms with Crippen LogP contribution in [0.3, 0.4) is 0 Å². The van der Waals surface area contributed by atoms with Crippen molar-refractivity contribution in [1.29, 1.82) is 0 Å². The fraction of sp³-hybridized carbons (Fsp3) is 0.526. The number of nitrogens with zero attached hydrogens (tertiary/aromatic N) is 1. The van der Waals surface area contributed by atoms with Gasteiger partial charge in [0.15, 0.2) is 0 Å². The van der Waals surface area contributed by atoms with Crippen molar-refractivity contribution in [2.75, 3.05) is 19.6 Å². The van der Waals surface area contributed by atoms with Crippen molar-refractivity contribution in [3.8, 4) is 0 Å². The highest BCUT2D eigenvalue weighted by Gasteiger charge is 2.30. The van der Waals surface area contributed by atoms with Crippen LogP contribution in [0, 0.1) is 5.92 Å². The summed E-state index contributed by atoms with van der Waals surface area (Å²) in [5.74, 6) is -0.977. The summed E-state index contributed by atoms with van der Waals surface area (Å²) in [7, 11) is 0. The molecule has 0 unspecified atom stereocenters. The van der Waals surface area contributed by atoms with Crippen molar-refractivity contribution in [2.24, 2.45) is 5.92 Å². The van der Waals surface area contributed by atoms with Gasteiger partial charge in [0.05, 0.1) is 12.1 Å². The highest BCUT2D eigenvalue weighted by atomic mass is 19.4. The standard InChI is InChI=1S/C19H24F3N3O3/c1-12(2)18(28)25-9-7-15(8-10-25)24-16(26)11-23-17(27)13-3-5-14(6-4-13)19(20,21)22/h3-6,12,15H,7-11H2,1-2H3,(H,23,27)(H,24,26). The largest absolute Gasteiger partial charge is 0.416 e. The molecule has 0 bridgehead atoms. The zero-order valence-corrected chi connectivity index (χ0v) is 15.8. The molecule has 1 fully saturated rings.